The van der Waals surface area contributed by atoms with E-state index in [0.29, 0.717) is 12.2 Å². The molecule has 2 aromatic carbocycles. The van der Waals surface area contributed by atoms with Gasteiger partial charge in [0.05, 0.1) is 30.8 Å². The monoisotopic (exact) mass is 393 g/mol. The van der Waals surface area contributed by atoms with Crippen LogP contribution in [0.15, 0.2) is 60.7 Å². The topological polar surface area (TPSA) is 65.4 Å². The largest absolute Gasteiger partial charge is 0.493 e. The highest BCUT2D eigenvalue weighted by Crippen LogP contribution is 2.26. The SMILES string of the molecule is C=C(C)C(=O)NC(C)c1nc2ccccc2n1CCCOc1ccccc1OC. The maximum atomic E-state index is 12.1. The zero-order valence-electron chi connectivity index (χ0n) is 17.1. The summed E-state index contributed by atoms with van der Waals surface area (Å²) in [6.07, 6.45) is 0.784. The summed E-state index contributed by atoms with van der Waals surface area (Å²) < 4.78 is 13.4. The van der Waals surface area contributed by atoms with Crippen molar-refractivity contribution in [1.82, 2.24) is 14.9 Å². The molecule has 152 valence electrons. The zero-order valence-corrected chi connectivity index (χ0v) is 17.1. The first-order valence-corrected chi connectivity index (χ1v) is 9.68. The van der Waals surface area contributed by atoms with Crippen molar-refractivity contribution in [3.63, 3.8) is 0 Å². The van der Waals surface area contributed by atoms with Crippen LogP contribution in [0.2, 0.25) is 0 Å². The molecule has 0 fully saturated rings. The van der Waals surface area contributed by atoms with Crippen LogP contribution in [0.5, 0.6) is 11.5 Å². The fourth-order valence-corrected chi connectivity index (χ4v) is 3.19. The van der Waals surface area contributed by atoms with E-state index in [4.69, 9.17) is 14.5 Å². The number of rotatable bonds is 9. The Kier molecular flexibility index (Phi) is 6.54. The molecule has 1 N–H and O–H groups in total. The number of methoxy groups -OCH3 is 1. The van der Waals surface area contributed by atoms with Gasteiger partial charge in [-0.3, -0.25) is 4.79 Å². The van der Waals surface area contributed by atoms with Crippen LogP contribution in [0, 0.1) is 0 Å². The van der Waals surface area contributed by atoms with Gasteiger partial charge in [0.2, 0.25) is 5.91 Å². The first-order valence-electron chi connectivity index (χ1n) is 9.68. The molecule has 0 aliphatic carbocycles. The van der Waals surface area contributed by atoms with Gasteiger partial charge >= 0.3 is 0 Å². The highest BCUT2D eigenvalue weighted by molar-refractivity contribution is 5.92. The first-order chi connectivity index (χ1) is 14.0. The number of imidazole rings is 1. The lowest BCUT2D eigenvalue weighted by atomic mass is 10.2. The summed E-state index contributed by atoms with van der Waals surface area (Å²) in [5.74, 6) is 2.10. The molecule has 1 aromatic heterocycles. The number of amides is 1. The summed E-state index contributed by atoms with van der Waals surface area (Å²) in [5, 5.41) is 2.96. The van der Waals surface area contributed by atoms with Gasteiger partial charge in [0, 0.05) is 12.1 Å². The molecule has 0 spiro atoms. The maximum absolute atomic E-state index is 12.1. The lowest BCUT2D eigenvalue weighted by molar-refractivity contribution is -0.118. The van der Waals surface area contributed by atoms with Gasteiger partial charge in [-0.1, -0.05) is 30.8 Å². The Morgan fingerprint density at radius 2 is 1.86 bits per heavy atom. The van der Waals surface area contributed by atoms with E-state index in [1.807, 2.05) is 55.5 Å². The first kappa shape index (κ1) is 20.5. The van der Waals surface area contributed by atoms with Gasteiger partial charge in [0.25, 0.3) is 0 Å². The van der Waals surface area contributed by atoms with E-state index in [1.165, 1.54) is 0 Å². The third-order valence-corrected chi connectivity index (χ3v) is 4.66. The molecule has 0 aliphatic heterocycles. The second-order valence-corrected chi connectivity index (χ2v) is 6.94. The Morgan fingerprint density at radius 1 is 1.17 bits per heavy atom. The normalized spacial score (nSPS) is 11.8. The van der Waals surface area contributed by atoms with Gasteiger partial charge in [-0.05, 0) is 44.5 Å². The number of nitrogens with zero attached hydrogens (tertiary/aromatic N) is 2. The number of hydrogen-bond donors (Lipinski definition) is 1. The molecule has 0 radical (unpaired) electrons. The Bertz CT molecular complexity index is 1010. The molecule has 0 aliphatic rings. The van der Waals surface area contributed by atoms with Crippen molar-refractivity contribution in [3.8, 4) is 11.5 Å². The maximum Gasteiger partial charge on any atom is 0.246 e. The molecule has 0 saturated heterocycles. The van der Waals surface area contributed by atoms with Crippen LogP contribution in [-0.4, -0.2) is 29.2 Å². The van der Waals surface area contributed by atoms with Crippen molar-refractivity contribution in [1.29, 1.82) is 0 Å². The van der Waals surface area contributed by atoms with Gasteiger partial charge in [-0.15, -0.1) is 0 Å². The smallest absolute Gasteiger partial charge is 0.246 e. The highest BCUT2D eigenvalue weighted by Gasteiger charge is 2.18. The predicted molar refractivity (Wildman–Crippen MR) is 114 cm³/mol. The Hall–Kier alpha value is -3.28. The number of benzene rings is 2. The lowest BCUT2D eigenvalue weighted by Gasteiger charge is -2.17. The van der Waals surface area contributed by atoms with E-state index in [-0.39, 0.29) is 11.9 Å². The van der Waals surface area contributed by atoms with Crippen molar-refractivity contribution < 1.29 is 14.3 Å². The van der Waals surface area contributed by atoms with Crippen LogP contribution < -0.4 is 14.8 Å². The number of carbonyl (C=O) groups excluding carboxylic acids is 1. The molecule has 6 nitrogen and oxygen atoms in total. The summed E-state index contributed by atoms with van der Waals surface area (Å²) in [7, 11) is 1.63. The number of aryl methyl sites for hydroxylation is 1. The quantitative estimate of drug-likeness (QED) is 0.436. The highest BCUT2D eigenvalue weighted by atomic mass is 16.5. The minimum atomic E-state index is -0.235. The number of aromatic nitrogens is 2. The van der Waals surface area contributed by atoms with Crippen molar-refractivity contribution in [2.75, 3.05) is 13.7 Å². The number of para-hydroxylation sites is 4. The molecule has 6 heteroatoms. The van der Waals surface area contributed by atoms with E-state index in [0.717, 1.165) is 41.3 Å². The molecule has 0 bridgehead atoms. The molecule has 29 heavy (non-hydrogen) atoms. The summed E-state index contributed by atoms with van der Waals surface area (Å²) in [4.78, 5) is 16.8. The van der Waals surface area contributed by atoms with Gasteiger partial charge in [0.1, 0.15) is 5.82 Å². The molecule has 1 unspecified atom stereocenters. The third kappa shape index (κ3) is 4.77. The fourth-order valence-electron chi connectivity index (χ4n) is 3.19. The standard InChI is InChI=1S/C23H27N3O3/c1-16(2)23(27)24-17(3)22-25-18-10-5-6-11-19(18)26(22)14-9-15-29-21-13-8-7-12-20(21)28-4/h5-8,10-13,17H,1,9,14-15H2,2-4H3,(H,24,27). The van der Waals surface area contributed by atoms with E-state index >= 15 is 0 Å². The van der Waals surface area contributed by atoms with Crippen LogP contribution in [0.3, 0.4) is 0 Å². The summed E-state index contributed by atoms with van der Waals surface area (Å²) in [6.45, 7) is 8.59. The molecule has 0 saturated carbocycles. The average Bonchev–Trinajstić information content (AvgIpc) is 3.10. The third-order valence-electron chi connectivity index (χ3n) is 4.66. The Balaban J connectivity index is 1.73. The predicted octanol–water partition coefficient (Wildman–Crippen LogP) is 4.27. The van der Waals surface area contributed by atoms with Gasteiger partial charge in [-0.2, -0.15) is 0 Å². The number of fused-ring (bicyclic) bond motifs is 1. The second kappa shape index (κ2) is 9.28. The van der Waals surface area contributed by atoms with Gasteiger partial charge in [-0.25, -0.2) is 4.98 Å². The molecular formula is C23H27N3O3. The molecule has 1 atom stereocenters. The van der Waals surface area contributed by atoms with Gasteiger partial charge < -0.3 is 19.4 Å². The van der Waals surface area contributed by atoms with Gasteiger partial charge in [0.15, 0.2) is 11.5 Å². The lowest BCUT2D eigenvalue weighted by Crippen LogP contribution is -2.29. The van der Waals surface area contributed by atoms with E-state index in [1.54, 1.807) is 14.0 Å². The molecule has 1 amide bonds. The molecule has 3 aromatic rings. The van der Waals surface area contributed by atoms with Crippen LogP contribution in [0.1, 0.15) is 32.1 Å². The molecule has 3 rings (SSSR count). The zero-order chi connectivity index (χ0) is 20.8. The van der Waals surface area contributed by atoms with Crippen molar-refractivity contribution in [2.45, 2.75) is 32.9 Å². The van der Waals surface area contributed by atoms with E-state index in [2.05, 4.69) is 16.5 Å². The number of hydrogen-bond acceptors (Lipinski definition) is 4. The van der Waals surface area contributed by atoms with E-state index < -0.39 is 0 Å². The molecule has 1 heterocycles. The minimum absolute atomic E-state index is 0.171. The number of carbonyl (C=O) groups is 1. The average molecular weight is 393 g/mol. The van der Waals surface area contributed by atoms with Crippen LogP contribution in [0.4, 0.5) is 0 Å². The second-order valence-electron chi connectivity index (χ2n) is 6.94. The number of nitrogens with one attached hydrogen (secondary N) is 1. The summed E-state index contributed by atoms with van der Waals surface area (Å²) in [5.41, 5.74) is 2.42. The minimum Gasteiger partial charge on any atom is -0.493 e. The van der Waals surface area contributed by atoms with E-state index in [9.17, 15) is 4.79 Å². The Labute approximate surface area is 171 Å². The summed E-state index contributed by atoms with van der Waals surface area (Å²) >= 11 is 0. The van der Waals surface area contributed by atoms with Crippen molar-refractivity contribution in [2.24, 2.45) is 0 Å². The Morgan fingerprint density at radius 3 is 2.59 bits per heavy atom. The van der Waals surface area contributed by atoms with Crippen LogP contribution in [0.25, 0.3) is 11.0 Å². The van der Waals surface area contributed by atoms with Crippen LogP contribution in [-0.2, 0) is 11.3 Å². The summed E-state index contributed by atoms with van der Waals surface area (Å²) in [6, 6.07) is 15.4. The fraction of sp³-hybridized carbons (Fsp3) is 0.304. The van der Waals surface area contributed by atoms with Crippen LogP contribution >= 0.6 is 0 Å². The van der Waals surface area contributed by atoms with Crippen molar-refractivity contribution in [3.05, 3.63) is 66.5 Å². The number of ether oxygens (including phenoxy) is 2. The van der Waals surface area contributed by atoms with Crippen molar-refractivity contribution >= 4 is 16.9 Å². The molecular weight excluding hydrogens is 366 g/mol.